The average molecular weight is 857 g/mol. The van der Waals surface area contributed by atoms with Crippen molar-refractivity contribution < 1.29 is 73.8 Å². The van der Waals surface area contributed by atoms with Gasteiger partial charge in [-0.05, 0) is 51.4 Å². The van der Waals surface area contributed by atoms with E-state index in [0.717, 1.165) is 51.4 Å². The molecule has 0 aromatic heterocycles. The van der Waals surface area contributed by atoms with Crippen LogP contribution in [0.5, 0.6) is 0 Å². The summed E-state index contributed by atoms with van der Waals surface area (Å²) in [6, 6.07) is 0. The van der Waals surface area contributed by atoms with Crippen LogP contribution in [0.3, 0.4) is 0 Å². The molecule has 0 spiro atoms. The first kappa shape index (κ1) is 53.6. The second-order valence-corrected chi connectivity index (χ2v) is 15.5. The monoisotopic (exact) mass is 857 g/mol. The fraction of sp³-hybridized carbons (Fsp3) is 0.778. The van der Waals surface area contributed by atoms with Crippen molar-refractivity contribution in [2.75, 3.05) is 26.4 Å². The number of carbonyl (C=O) groups excluding carboxylic acids is 2. The smallest absolute Gasteiger partial charge is 0.306 e. The number of ether oxygens (including phenoxy) is 6. The van der Waals surface area contributed by atoms with Gasteiger partial charge < -0.3 is 64.2 Å². The summed E-state index contributed by atoms with van der Waals surface area (Å²) < 4.78 is 33.3. The lowest BCUT2D eigenvalue weighted by atomic mass is 9.98. The van der Waals surface area contributed by atoms with Crippen molar-refractivity contribution in [3.05, 3.63) is 48.6 Å². The van der Waals surface area contributed by atoms with Crippen LogP contribution in [0.15, 0.2) is 48.6 Å². The van der Waals surface area contributed by atoms with Crippen molar-refractivity contribution >= 4 is 11.9 Å². The van der Waals surface area contributed by atoms with Gasteiger partial charge in [-0.1, -0.05) is 114 Å². The van der Waals surface area contributed by atoms with Gasteiger partial charge in [0, 0.05) is 12.8 Å². The van der Waals surface area contributed by atoms with Gasteiger partial charge in [0.1, 0.15) is 55.4 Å². The Bertz CT molecular complexity index is 1240. The molecule has 0 aliphatic carbocycles. The fourth-order valence-corrected chi connectivity index (χ4v) is 6.56. The number of allylic oxidation sites excluding steroid dienone is 8. The average Bonchev–Trinajstić information content (AvgIpc) is 3.24. The largest absolute Gasteiger partial charge is 0.462 e. The van der Waals surface area contributed by atoms with Gasteiger partial charge in [-0.15, -0.1) is 0 Å². The van der Waals surface area contributed by atoms with Gasteiger partial charge in [-0.2, -0.15) is 0 Å². The number of esters is 2. The predicted octanol–water partition coefficient (Wildman–Crippen LogP) is 4.37. The minimum absolute atomic E-state index is 0.0886. The first-order chi connectivity index (χ1) is 29.0. The van der Waals surface area contributed by atoms with E-state index in [4.69, 9.17) is 28.4 Å². The molecule has 2 saturated heterocycles. The molecule has 15 heteroatoms. The van der Waals surface area contributed by atoms with Crippen molar-refractivity contribution in [2.24, 2.45) is 0 Å². The molecule has 0 saturated carbocycles. The molecule has 346 valence electrons. The molecule has 0 aromatic carbocycles. The molecule has 7 N–H and O–H groups in total. The number of aliphatic hydroxyl groups excluding tert-OH is 7. The summed E-state index contributed by atoms with van der Waals surface area (Å²) in [5.41, 5.74) is 0. The van der Waals surface area contributed by atoms with Gasteiger partial charge in [0.05, 0.1) is 19.8 Å². The number of unbranched alkanes of at least 4 members (excludes halogenated alkanes) is 10. The maximum atomic E-state index is 12.9. The molecule has 2 fully saturated rings. The number of hydrogen-bond donors (Lipinski definition) is 7. The second-order valence-electron chi connectivity index (χ2n) is 15.5. The van der Waals surface area contributed by atoms with Crippen LogP contribution in [0.25, 0.3) is 0 Å². The van der Waals surface area contributed by atoms with E-state index in [1.807, 2.05) is 12.2 Å². The molecule has 2 aliphatic rings. The Hall–Kier alpha value is -2.54. The van der Waals surface area contributed by atoms with Gasteiger partial charge in [0.2, 0.25) is 0 Å². The standard InChI is InChI=1S/C45H76O15/c1-3-5-7-9-11-12-13-14-15-16-17-18-19-20-22-24-26-28-37(48)58-33(30-55-36(47)27-25-23-21-10-8-6-4-2)31-56-44-43(54)41(52)39(50)35(60-44)32-57-45-42(53)40(51)38(49)34(29-46)59-45/h11-12,14-15,17-18,20,22,33-35,38-46,49-54H,3-10,13,16,19,21,23-32H2,1-2H3/b12-11+,15-14+,18-17+,22-20+/t33-,34+,35+,38-,39-,40?,41?,42?,43?,44+,45+/m1/s1. The highest BCUT2D eigenvalue weighted by atomic mass is 16.7. The topological polar surface area (TPSA) is 231 Å². The molecule has 2 aliphatic heterocycles. The number of aliphatic hydroxyl groups is 7. The van der Waals surface area contributed by atoms with Gasteiger partial charge in [0.15, 0.2) is 18.7 Å². The molecule has 11 atom stereocenters. The summed E-state index contributed by atoms with van der Waals surface area (Å²) in [7, 11) is 0. The highest BCUT2D eigenvalue weighted by Gasteiger charge is 2.47. The summed E-state index contributed by atoms with van der Waals surface area (Å²) >= 11 is 0. The Kier molecular flexibility index (Phi) is 29.5. The molecular weight excluding hydrogens is 780 g/mol. The van der Waals surface area contributed by atoms with Gasteiger partial charge >= 0.3 is 11.9 Å². The van der Waals surface area contributed by atoms with Crippen LogP contribution >= 0.6 is 0 Å². The molecule has 0 amide bonds. The van der Waals surface area contributed by atoms with E-state index in [1.54, 1.807) is 0 Å². The Labute approximate surface area is 357 Å². The SMILES string of the molecule is CCCCC/C=C/C/C=C/C/C=C/C/C=C/CCCC(=O)O[C@H](COC(=O)CCCCCCCCC)CO[C@H]1O[C@@H](CO[C@H]2O[C@@H](CO)[C@@H](O)C(O)C2O)[C@@H](O)C(O)C1O. The predicted molar refractivity (Wildman–Crippen MR) is 224 cm³/mol. The third-order valence-corrected chi connectivity index (χ3v) is 10.3. The van der Waals surface area contributed by atoms with Crippen LogP contribution in [0.4, 0.5) is 0 Å². The molecule has 0 aromatic rings. The first-order valence-electron chi connectivity index (χ1n) is 22.2. The van der Waals surface area contributed by atoms with E-state index >= 15 is 0 Å². The first-order valence-corrected chi connectivity index (χ1v) is 22.2. The third kappa shape index (κ3) is 22.0. The summed E-state index contributed by atoms with van der Waals surface area (Å²) in [6.07, 6.45) is 16.2. The van der Waals surface area contributed by atoms with Gasteiger partial charge in [-0.25, -0.2) is 0 Å². The van der Waals surface area contributed by atoms with Gasteiger partial charge in [0.25, 0.3) is 0 Å². The minimum atomic E-state index is -1.77. The summed E-state index contributed by atoms with van der Waals surface area (Å²) in [6.45, 7) is 2.41. The zero-order valence-electron chi connectivity index (χ0n) is 35.9. The fourth-order valence-electron chi connectivity index (χ4n) is 6.56. The number of carbonyl (C=O) groups is 2. The Morgan fingerprint density at radius 2 is 1.02 bits per heavy atom. The van der Waals surface area contributed by atoms with Crippen molar-refractivity contribution in [3.8, 4) is 0 Å². The Morgan fingerprint density at radius 1 is 0.533 bits per heavy atom. The van der Waals surface area contributed by atoms with E-state index in [2.05, 4.69) is 50.3 Å². The van der Waals surface area contributed by atoms with Crippen LogP contribution in [0, 0.1) is 0 Å². The molecule has 60 heavy (non-hydrogen) atoms. The minimum Gasteiger partial charge on any atom is -0.462 e. The molecule has 4 unspecified atom stereocenters. The molecular formula is C45H76O15. The molecule has 2 rings (SSSR count). The summed E-state index contributed by atoms with van der Waals surface area (Å²) in [5, 5.41) is 71.7. The lowest BCUT2D eigenvalue weighted by Crippen LogP contribution is -2.61. The van der Waals surface area contributed by atoms with Crippen molar-refractivity contribution in [3.63, 3.8) is 0 Å². The quantitative estimate of drug-likeness (QED) is 0.0283. The second kappa shape index (κ2) is 33.1. The Balaban J connectivity index is 1.87. The van der Waals surface area contributed by atoms with Crippen molar-refractivity contribution in [2.45, 2.75) is 197 Å². The van der Waals surface area contributed by atoms with E-state index in [0.29, 0.717) is 19.3 Å². The molecule has 15 nitrogen and oxygen atoms in total. The zero-order valence-corrected chi connectivity index (χ0v) is 35.9. The molecule has 0 radical (unpaired) electrons. The highest BCUT2D eigenvalue weighted by molar-refractivity contribution is 5.70. The Morgan fingerprint density at radius 3 is 1.62 bits per heavy atom. The third-order valence-electron chi connectivity index (χ3n) is 10.3. The normalized spacial score (nSPS) is 28.0. The van der Waals surface area contributed by atoms with Crippen molar-refractivity contribution in [1.29, 1.82) is 0 Å². The van der Waals surface area contributed by atoms with Gasteiger partial charge in [-0.3, -0.25) is 9.59 Å². The van der Waals surface area contributed by atoms with E-state index in [9.17, 15) is 45.3 Å². The van der Waals surface area contributed by atoms with Crippen LogP contribution in [0.1, 0.15) is 129 Å². The van der Waals surface area contributed by atoms with Crippen LogP contribution < -0.4 is 0 Å². The summed E-state index contributed by atoms with van der Waals surface area (Å²) in [4.78, 5) is 25.4. The maximum absolute atomic E-state index is 12.9. The van der Waals surface area contributed by atoms with E-state index in [-0.39, 0.29) is 19.4 Å². The lowest BCUT2D eigenvalue weighted by molar-refractivity contribution is -0.332. The number of hydrogen-bond acceptors (Lipinski definition) is 15. The van der Waals surface area contributed by atoms with Crippen LogP contribution in [-0.4, -0.2) is 142 Å². The molecule has 2 heterocycles. The summed E-state index contributed by atoms with van der Waals surface area (Å²) in [5.74, 6) is -1.00. The lowest BCUT2D eigenvalue weighted by Gasteiger charge is -2.42. The highest BCUT2D eigenvalue weighted by Crippen LogP contribution is 2.26. The zero-order chi connectivity index (χ0) is 44.0. The van der Waals surface area contributed by atoms with Crippen LogP contribution in [-0.2, 0) is 38.0 Å². The molecule has 0 bridgehead atoms. The van der Waals surface area contributed by atoms with E-state index < -0.39 is 99.3 Å². The van der Waals surface area contributed by atoms with Crippen molar-refractivity contribution in [1.82, 2.24) is 0 Å². The number of rotatable bonds is 32. The van der Waals surface area contributed by atoms with E-state index in [1.165, 1.54) is 32.1 Å². The maximum Gasteiger partial charge on any atom is 0.306 e. The van der Waals surface area contributed by atoms with Crippen LogP contribution in [0.2, 0.25) is 0 Å².